The zero-order valence-electron chi connectivity index (χ0n) is 8.90. The summed E-state index contributed by atoms with van der Waals surface area (Å²) in [6, 6.07) is 8.21. The molecule has 0 saturated carbocycles. The number of esters is 1. The van der Waals surface area contributed by atoms with Gasteiger partial charge in [-0.05, 0) is 12.5 Å². The summed E-state index contributed by atoms with van der Waals surface area (Å²) < 4.78 is 5.03. The molecular formula is C12H16NO2+. The molecule has 0 aliphatic carbocycles. The van der Waals surface area contributed by atoms with Gasteiger partial charge in [-0.25, -0.2) is 4.79 Å². The third-order valence-electron chi connectivity index (χ3n) is 2.77. The highest BCUT2D eigenvalue weighted by Crippen LogP contribution is 2.12. The molecular weight excluding hydrogens is 190 g/mol. The maximum atomic E-state index is 11.6. The first kappa shape index (κ1) is 10.2. The number of benzene rings is 1. The van der Waals surface area contributed by atoms with E-state index < -0.39 is 0 Å². The molecule has 0 amide bonds. The van der Waals surface area contributed by atoms with Crippen LogP contribution in [-0.2, 0) is 22.5 Å². The predicted molar refractivity (Wildman–Crippen MR) is 56.2 cm³/mol. The van der Waals surface area contributed by atoms with Crippen LogP contribution in [0.1, 0.15) is 18.1 Å². The quantitative estimate of drug-likeness (QED) is 0.704. The average molecular weight is 206 g/mol. The van der Waals surface area contributed by atoms with Crippen molar-refractivity contribution in [1.29, 1.82) is 0 Å². The summed E-state index contributed by atoms with van der Waals surface area (Å²) in [6.07, 6.45) is 0.787. The van der Waals surface area contributed by atoms with Crippen molar-refractivity contribution >= 4 is 5.97 Å². The molecule has 2 rings (SSSR count). The summed E-state index contributed by atoms with van der Waals surface area (Å²) in [6.45, 7) is 3.18. The molecule has 0 bridgehead atoms. The van der Waals surface area contributed by atoms with Gasteiger partial charge in [-0.3, -0.25) is 0 Å². The first-order valence-corrected chi connectivity index (χ1v) is 5.38. The van der Waals surface area contributed by atoms with E-state index in [2.05, 4.69) is 17.4 Å². The van der Waals surface area contributed by atoms with E-state index in [1.807, 2.05) is 19.1 Å². The van der Waals surface area contributed by atoms with E-state index >= 15 is 0 Å². The zero-order valence-corrected chi connectivity index (χ0v) is 8.90. The Morgan fingerprint density at radius 3 is 2.93 bits per heavy atom. The molecule has 1 heterocycles. The Kier molecular flexibility index (Phi) is 3.02. The maximum absolute atomic E-state index is 11.6. The predicted octanol–water partition coefficient (Wildman–Crippen LogP) is 0.238. The third-order valence-corrected chi connectivity index (χ3v) is 2.77. The number of nitrogens with two attached hydrogens (primary N) is 1. The SMILES string of the molecule is CCOC(=O)[C@@H]1Cc2ccccc2C[NH2+]1. The smallest absolute Gasteiger partial charge is 0.365 e. The van der Waals surface area contributed by atoms with Crippen molar-refractivity contribution in [3.8, 4) is 0 Å². The highest BCUT2D eigenvalue weighted by molar-refractivity contribution is 5.74. The van der Waals surface area contributed by atoms with Gasteiger partial charge in [0.15, 0.2) is 6.04 Å². The van der Waals surface area contributed by atoms with Crippen LogP contribution < -0.4 is 5.32 Å². The molecule has 1 aliphatic heterocycles. The summed E-state index contributed by atoms with van der Waals surface area (Å²) in [5.41, 5.74) is 2.61. The minimum atomic E-state index is -0.0907. The van der Waals surface area contributed by atoms with E-state index in [0.717, 1.165) is 13.0 Å². The fourth-order valence-corrected chi connectivity index (χ4v) is 1.97. The summed E-state index contributed by atoms with van der Waals surface area (Å²) >= 11 is 0. The van der Waals surface area contributed by atoms with Crippen LogP contribution >= 0.6 is 0 Å². The normalized spacial score (nSPS) is 19.4. The van der Waals surface area contributed by atoms with Crippen molar-refractivity contribution in [2.24, 2.45) is 0 Å². The molecule has 80 valence electrons. The van der Waals surface area contributed by atoms with Crippen molar-refractivity contribution < 1.29 is 14.8 Å². The Morgan fingerprint density at radius 2 is 2.20 bits per heavy atom. The Morgan fingerprint density at radius 1 is 1.47 bits per heavy atom. The van der Waals surface area contributed by atoms with Crippen molar-refractivity contribution in [2.75, 3.05) is 6.61 Å². The van der Waals surface area contributed by atoms with Crippen LogP contribution in [0, 0.1) is 0 Å². The van der Waals surface area contributed by atoms with Gasteiger partial charge in [0.1, 0.15) is 6.54 Å². The molecule has 1 aromatic carbocycles. The summed E-state index contributed by atoms with van der Waals surface area (Å²) in [4.78, 5) is 11.6. The fourth-order valence-electron chi connectivity index (χ4n) is 1.97. The first-order chi connectivity index (χ1) is 7.31. The molecule has 1 aliphatic rings. The van der Waals surface area contributed by atoms with Crippen LogP contribution in [0.3, 0.4) is 0 Å². The summed E-state index contributed by atoms with van der Waals surface area (Å²) in [5.74, 6) is -0.0907. The van der Waals surface area contributed by atoms with Crippen LogP contribution in [0.2, 0.25) is 0 Å². The molecule has 1 atom stereocenters. The van der Waals surface area contributed by atoms with Gasteiger partial charge in [-0.2, -0.15) is 0 Å². The molecule has 2 N–H and O–H groups in total. The lowest BCUT2D eigenvalue weighted by atomic mass is 9.96. The zero-order chi connectivity index (χ0) is 10.7. The van der Waals surface area contributed by atoms with E-state index in [-0.39, 0.29) is 12.0 Å². The van der Waals surface area contributed by atoms with E-state index in [0.29, 0.717) is 6.61 Å². The van der Waals surface area contributed by atoms with Gasteiger partial charge >= 0.3 is 5.97 Å². The number of rotatable bonds is 2. The van der Waals surface area contributed by atoms with Gasteiger partial charge in [-0.15, -0.1) is 0 Å². The Bertz CT molecular complexity index is 362. The molecule has 0 spiro atoms. The number of ether oxygens (including phenoxy) is 1. The lowest BCUT2D eigenvalue weighted by Crippen LogP contribution is -2.92. The van der Waals surface area contributed by atoms with Crippen LogP contribution in [0.25, 0.3) is 0 Å². The number of hydrogen-bond donors (Lipinski definition) is 1. The van der Waals surface area contributed by atoms with Crippen LogP contribution in [0.4, 0.5) is 0 Å². The molecule has 3 nitrogen and oxygen atoms in total. The molecule has 0 unspecified atom stereocenters. The lowest BCUT2D eigenvalue weighted by Gasteiger charge is -2.21. The van der Waals surface area contributed by atoms with Crippen molar-refractivity contribution in [1.82, 2.24) is 0 Å². The molecule has 15 heavy (non-hydrogen) atoms. The van der Waals surface area contributed by atoms with Crippen molar-refractivity contribution in [3.63, 3.8) is 0 Å². The van der Waals surface area contributed by atoms with Crippen molar-refractivity contribution in [2.45, 2.75) is 25.9 Å². The lowest BCUT2D eigenvalue weighted by molar-refractivity contribution is -0.696. The van der Waals surface area contributed by atoms with Crippen LogP contribution in [-0.4, -0.2) is 18.6 Å². The number of carbonyl (C=O) groups excluding carboxylic acids is 1. The number of fused-ring (bicyclic) bond motifs is 1. The molecule has 0 aromatic heterocycles. The first-order valence-electron chi connectivity index (χ1n) is 5.38. The average Bonchev–Trinajstić information content (AvgIpc) is 2.29. The van der Waals surface area contributed by atoms with Gasteiger partial charge in [0.25, 0.3) is 0 Å². The molecule has 0 radical (unpaired) electrons. The summed E-state index contributed by atoms with van der Waals surface area (Å²) in [7, 11) is 0. The second kappa shape index (κ2) is 4.45. The Labute approximate surface area is 89.4 Å². The van der Waals surface area contributed by atoms with Gasteiger partial charge in [0, 0.05) is 12.0 Å². The molecule has 1 aromatic rings. The second-order valence-electron chi connectivity index (χ2n) is 3.77. The number of quaternary nitrogens is 1. The summed E-state index contributed by atoms with van der Waals surface area (Å²) in [5, 5.41) is 2.06. The molecule has 0 saturated heterocycles. The monoisotopic (exact) mass is 206 g/mol. The second-order valence-corrected chi connectivity index (χ2v) is 3.77. The van der Waals surface area contributed by atoms with E-state index in [9.17, 15) is 4.79 Å². The van der Waals surface area contributed by atoms with E-state index in [1.54, 1.807) is 0 Å². The van der Waals surface area contributed by atoms with E-state index in [4.69, 9.17) is 4.74 Å². The van der Waals surface area contributed by atoms with Crippen LogP contribution in [0.15, 0.2) is 24.3 Å². The van der Waals surface area contributed by atoms with Gasteiger partial charge in [-0.1, -0.05) is 24.3 Å². The minimum absolute atomic E-state index is 0.0557. The topological polar surface area (TPSA) is 42.9 Å². The van der Waals surface area contributed by atoms with Crippen molar-refractivity contribution in [3.05, 3.63) is 35.4 Å². The minimum Gasteiger partial charge on any atom is -0.462 e. The number of carbonyl (C=O) groups is 1. The van der Waals surface area contributed by atoms with Gasteiger partial charge in [0.2, 0.25) is 0 Å². The molecule has 3 heteroatoms. The number of hydrogen-bond acceptors (Lipinski definition) is 2. The molecule has 0 fully saturated rings. The third kappa shape index (κ3) is 2.18. The van der Waals surface area contributed by atoms with Gasteiger partial charge < -0.3 is 10.1 Å². The Balaban J connectivity index is 2.08. The largest absolute Gasteiger partial charge is 0.462 e. The highest BCUT2D eigenvalue weighted by Gasteiger charge is 2.28. The van der Waals surface area contributed by atoms with Gasteiger partial charge in [0.05, 0.1) is 6.61 Å². The maximum Gasteiger partial charge on any atom is 0.365 e. The standard InChI is InChI=1S/C12H15NO2/c1-2-15-12(14)11-7-9-5-3-4-6-10(9)8-13-11/h3-6,11,13H,2,7-8H2,1H3/p+1/t11-/m0/s1. The van der Waals surface area contributed by atoms with E-state index in [1.165, 1.54) is 11.1 Å². The van der Waals surface area contributed by atoms with Crippen LogP contribution in [0.5, 0.6) is 0 Å². The highest BCUT2D eigenvalue weighted by atomic mass is 16.5. The fraction of sp³-hybridized carbons (Fsp3) is 0.417. The Hall–Kier alpha value is -1.35.